The Morgan fingerprint density at radius 2 is 2.12 bits per heavy atom. The zero-order valence-corrected chi connectivity index (χ0v) is 15.1. The molecule has 0 saturated heterocycles. The van der Waals surface area contributed by atoms with Gasteiger partial charge in [-0.05, 0) is 40.2 Å². The summed E-state index contributed by atoms with van der Waals surface area (Å²) in [6, 6.07) is 7.04. The maximum absolute atomic E-state index is 11.1. The second-order valence-corrected chi connectivity index (χ2v) is 6.58. The number of carboxylic acid groups (broad SMARTS) is 1. The smallest absolute Gasteiger partial charge is 0.352 e. The molecule has 0 atom stereocenters. The van der Waals surface area contributed by atoms with Crippen molar-refractivity contribution in [1.82, 2.24) is 24.5 Å². The normalized spacial score (nSPS) is 11.0. The molecule has 4 rings (SSSR count). The summed E-state index contributed by atoms with van der Waals surface area (Å²) >= 11 is 3.46. The van der Waals surface area contributed by atoms with E-state index in [0.717, 1.165) is 26.8 Å². The number of aromatic carboxylic acids is 1. The molecule has 0 spiro atoms. The van der Waals surface area contributed by atoms with Crippen LogP contribution in [0.5, 0.6) is 0 Å². The standard InChI is InChI=1S/C17H13BrN6O2/c1-24-7-14(20-8-24)12-2-3-19-17(23-12)21-10-4-9-5-13(16(25)26)22-15(9)11(18)6-10/h2-8,22H,1H3,(H,25,26)(H,19,21,23). The van der Waals surface area contributed by atoms with E-state index >= 15 is 0 Å². The third-order valence-corrected chi connectivity index (χ3v) is 4.42. The second kappa shape index (κ2) is 6.26. The van der Waals surface area contributed by atoms with Crippen molar-refractivity contribution >= 4 is 44.4 Å². The molecule has 0 aliphatic heterocycles. The highest BCUT2D eigenvalue weighted by Gasteiger charge is 2.12. The van der Waals surface area contributed by atoms with Gasteiger partial charge in [-0.2, -0.15) is 0 Å². The Bertz CT molecular complexity index is 1130. The molecular formula is C17H13BrN6O2. The van der Waals surface area contributed by atoms with Crippen LogP contribution in [0.4, 0.5) is 11.6 Å². The second-order valence-electron chi connectivity index (χ2n) is 5.73. The van der Waals surface area contributed by atoms with E-state index in [-0.39, 0.29) is 5.69 Å². The van der Waals surface area contributed by atoms with Gasteiger partial charge in [0.1, 0.15) is 11.4 Å². The predicted octanol–water partition coefficient (Wildman–Crippen LogP) is 3.56. The van der Waals surface area contributed by atoms with Crippen molar-refractivity contribution in [1.29, 1.82) is 0 Å². The van der Waals surface area contributed by atoms with Crippen LogP contribution in [0.3, 0.4) is 0 Å². The van der Waals surface area contributed by atoms with E-state index in [1.54, 1.807) is 24.7 Å². The number of nitrogens with zero attached hydrogens (tertiary/aromatic N) is 4. The van der Waals surface area contributed by atoms with E-state index < -0.39 is 5.97 Å². The van der Waals surface area contributed by atoms with Gasteiger partial charge in [-0.25, -0.2) is 19.7 Å². The molecule has 3 aromatic heterocycles. The van der Waals surface area contributed by atoms with Crippen molar-refractivity contribution in [2.45, 2.75) is 0 Å². The first kappa shape index (κ1) is 16.3. The highest BCUT2D eigenvalue weighted by molar-refractivity contribution is 9.10. The summed E-state index contributed by atoms with van der Waals surface area (Å²) in [6.07, 6.45) is 5.25. The number of fused-ring (bicyclic) bond motifs is 1. The molecule has 0 fully saturated rings. The van der Waals surface area contributed by atoms with Crippen LogP contribution in [0.25, 0.3) is 22.3 Å². The fraction of sp³-hybridized carbons (Fsp3) is 0.0588. The molecule has 0 amide bonds. The van der Waals surface area contributed by atoms with Gasteiger partial charge >= 0.3 is 5.97 Å². The van der Waals surface area contributed by atoms with Gasteiger partial charge in [0.05, 0.1) is 17.5 Å². The van der Waals surface area contributed by atoms with Crippen LogP contribution in [-0.2, 0) is 7.05 Å². The Balaban J connectivity index is 1.68. The van der Waals surface area contributed by atoms with Crippen LogP contribution < -0.4 is 5.32 Å². The van der Waals surface area contributed by atoms with Crippen LogP contribution in [0, 0.1) is 0 Å². The number of aryl methyl sites for hydroxylation is 1. The summed E-state index contributed by atoms with van der Waals surface area (Å²) in [4.78, 5) is 27.0. The van der Waals surface area contributed by atoms with Crippen molar-refractivity contribution in [3.05, 3.63) is 53.2 Å². The van der Waals surface area contributed by atoms with Gasteiger partial charge in [-0.1, -0.05) is 0 Å². The monoisotopic (exact) mass is 412 g/mol. The van der Waals surface area contributed by atoms with Crippen LogP contribution in [-0.4, -0.2) is 35.6 Å². The minimum Gasteiger partial charge on any atom is -0.477 e. The third kappa shape index (κ3) is 3.04. The first-order valence-electron chi connectivity index (χ1n) is 7.63. The van der Waals surface area contributed by atoms with Gasteiger partial charge in [0.2, 0.25) is 5.95 Å². The van der Waals surface area contributed by atoms with Gasteiger partial charge in [0, 0.05) is 35.0 Å². The minimum absolute atomic E-state index is 0.131. The Hall–Kier alpha value is -3.20. The van der Waals surface area contributed by atoms with E-state index in [0.29, 0.717) is 11.6 Å². The predicted molar refractivity (Wildman–Crippen MR) is 100 cm³/mol. The maximum Gasteiger partial charge on any atom is 0.352 e. The Morgan fingerprint density at radius 3 is 2.85 bits per heavy atom. The lowest BCUT2D eigenvalue weighted by Gasteiger charge is -2.07. The number of hydrogen-bond acceptors (Lipinski definition) is 5. The summed E-state index contributed by atoms with van der Waals surface area (Å²) < 4.78 is 2.59. The quantitative estimate of drug-likeness (QED) is 0.472. The first-order chi connectivity index (χ1) is 12.5. The lowest BCUT2D eigenvalue weighted by molar-refractivity contribution is 0.0691. The number of benzene rings is 1. The average molecular weight is 413 g/mol. The van der Waals surface area contributed by atoms with E-state index in [1.165, 1.54) is 0 Å². The van der Waals surface area contributed by atoms with Crippen molar-refractivity contribution in [3.63, 3.8) is 0 Å². The molecule has 8 nitrogen and oxygen atoms in total. The SMILES string of the molecule is Cn1cnc(-c2ccnc(Nc3cc(Br)c4[nH]c(C(=O)O)cc4c3)n2)c1. The lowest BCUT2D eigenvalue weighted by atomic mass is 10.2. The van der Waals surface area contributed by atoms with Gasteiger partial charge in [0.15, 0.2) is 0 Å². The molecule has 1 aromatic carbocycles. The van der Waals surface area contributed by atoms with Gasteiger partial charge < -0.3 is 20.0 Å². The van der Waals surface area contributed by atoms with Crippen molar-refractivity contribution in [2.75, 3.05) is 5.32 Å². The summed E-state index contributed by atoms with van der Waals surface area (Å²) in [6.45, 7) is 0. The summed E-state index contributed by atoms with van der Waals surface area (Å²) in [5.41, 5.74) is 3.05. The van der Waals surface area contributed by atoms with Gasteiger partial charge in [0.25, 0.3) is 0 Å². The molecule has 3 N–H and O–H groups in total. The van der Waals surface area contributed by atoms with E-state index in [1.807, 2.05) is 29.9 Å². The van der Waals surface area contributed by atoms with Gasteiger partial charge in [-0.3, -0.25) is 0 Å². The number of rotatable bonds is 4. The summed E-state index contributed by atoms with van der Waals surface area (Å²) in [5.74, 6) is -0.581. The molecule has 0 bridgehead atoms. The van der Waals surface area contributed by atoms with E-state index in [4.69, 9.17) is 5.11 Å². The highest BCUT2D eigenvalue weighted by atomic mass is 79.9. The highest BCUT2D eigenvalue weighted by Crippen LogP contribution is 2.30. The van der Waals surface area contributed by atoms with Crippen LogP contribution in [0.1, 0.15) is 10.5 Å². The Labute approximate surface area is 156 Å². The number of nitrogens with one attached hydrogen (secondary N) is 2. The molecule has 4 aromatic rings. The van der Waals surface area contributed by atoms with Crippen LogP contribution >= 0.6 is 15.9 Å². The molecule has 0 aliphatic rings. The van der Waals surface area contributed by atoms with Crippen LogP contribution in [0.2, 0.25) is 0 Å². The fourth-order valence-corrected chi connectivity index (χ4v) is 3.20. The zero-order chi connectivity index (χ0) is 18.3. The van der Waals surface area contributed by atoms with Crippen molar-refractivity contribution in [3.8, 4) is 11.4 Å². The molecule has 3 heterocycles. The minimum atomic E-state index is -1.01. The number of aromatic amines is 1. The topological polar surface area (TPSA) is 109 Å². The Morgan fingerprint density at radius 1 is 1.27 bits per heavy atom. The first-order valence-corrected chi connectivity index (χ1v) is 8.43. The molecule has 9 heteroatoms. The molecule has 0 unspecified atom stereocenters. The number of H-pyrrole nitrogens is 1. The maximum atomic E-state index is 11.1. The third-order valence-electron chi connectivity index (χ3n) is 3.79. The summed E-state index contributed by atoms with van der Waals surface area (Å²) in [5, 5.41) is 13.0. The molecule has 26 heavy (non-hydrogen) atoms. The number of imidazole rings is 1. The van der Waals surface area contributed by atoms with Crippen LogP contribution in [0.15, 0.2) is 47.5 Å². The van der Waals surface area contributed by atoms with Crippen molar-refractivity contribution in [2.24, 2.45) is 7.05 Å². The molecular weight excluding hydrogens is 400 g/mol. The molecule has 0 saturated carbocycles. The lowest BCUT2D eigenvalue weighted by Crippen LogP contribution is -1.98. The number of halogens is 1. The molecule has 0 radical (unpaired) electrons. The van der Waals surface area contributed by atoms with Crippen molar-refractivity contribution < 1.29 is 9.90 Å². The Kier molecular flexibility index (Phi) is 3.92. The largest absolute Gasteiger partial charge is 0.477 e. The van der Waals surface area contributed by atoms with Gasteiger partial charge in [-0.15, -0.1) is 0 Å². The number of aromatic nitrogens is 5. The summed E-state index contributed by atoms with van der Waals surface area (Å²) in [7, 11) is 1.89. The number of carbonyl (C=O) groups is 1. The van der Waals surface area contributed by atoms with E-state index in [9.17, 15) is 4.79 Å². The number of hydrogen-bond donors (Lipinski definition) is 3. The van der Waals surface area contributed by atoms with E-state index in [2.05, 4.69) is 41.2 Å². The molecule has 130 valence electrons. The fourth-order valence-electron chi connectivity index (χ4n) is 2.62. The molecule has 0 aliphatic carbocycles. The average Bonchev–Trinajstić information content (AvgIpc) is 3.22. The number of anilines is 2. The number of carboxylic acids is 1. The zero-order valence-electron chi connectivity index (χ0n) is 13.6.